The van der Waals surface area contributed by atoms with Crippen LogP contribution in [0.15, 0.2) is 29.5 Å². The molecule has 1 aromatic heterocycles. The molecule has 8 nitrogen and oxygen atoms in total. The van der Waals surface area contributed by atoms with Crippen molar-refractivity contribution in [3.63, 3.8) is 0 Å². The van der Waals surface area contributed by atoms with Crippen molar-refractivity contribution in [3.8, 4) is 11.5 Å². The summed E-state index contributed by atoms with van der Waals surface area (Å²) in [6.45, 7) is 8.80. The predicted molar refractivity (Wildman–Crippen MR) is 139 cm³/mol. The van der Waals surface area contributed by atoms with Gasteiger partial charge in [0.25, 0.3) is 0 Å². The van der Waals surface area contributed by atoms with Crippen LogP contribution in [0.5, 0.6) is 11.5 Å². The van der Waals surface area contributed by atoms with Crippen molar-refractivity contribution < 1.29 is 9.47 Å². The lowest BCUT2D eigenvalue weighted by Gasteiger charge is -2.24. The molecule has 2 unspecified atom stereocenters. The Hall–Kier alpha value is -2.01. The first-order chi connectivity index (χ1) is 14.9. The zero-order valence-corrected chi connectivity index (χ0v) is 22.3. The molecule has 0 saturated carbocycles. The molecule has 2 aromatic rings. The number of guanidine groups is 1. The van der Waals surface area contributed by atoms with Crippen molar-refractivity contribution in [2.24, 2.45) is 12.0 Å². The number of aliphatic imine (C=N–C) groups is 1. The minimum absolute atomic E-state index is 0. The minimum Gasteiger partial charge on any atom is -0.494 e. The van der Waals surface area contributed by atoms with E-state index >= 15 is 0 Å². The summed E-state index contributed by atoms with van der Waals surface area (Å²) < 4.78 is 13.7. The van der Waals surface area contributed by atoms with Gasteiger partial charge < -0.3 is 25.0 Å². The van der Waals surface area contributed by atoms with Gasteiger partial charge in [0.1, 0.15) is 17.6 Å². The van der Waals surface area contributed by atoms with Crippen LogP contribution in [0.3, 0.4) is 0 Å². The van der Waals surface area contributed by atoms with Crippen molar-refractivity contribution in [2.75, 3.05) is 33.8 Å². The number of nitrogens with zero attached hydrogens (tertiary/aromatic N) is 4. The van der Waals surface area contributed by atoms with Gasteiger partial charge in [-0.25, -0.2) is 4.99 Å². The lowest BCUT2D eigenvalue weighted by molar-refractivity contribution is 0.254. The Labute approximate surface area is 208 Å². The highest BCUT2D eigenvalue weighted by Crippen LogP contribution is 2.35. The van der Waals surface area contributed by atoms with Gasteiger partial charge in [-0.15, -0.1) is 24.0 Å². The van der Waals surface area contributed by atoms with Crippen LogP contribution >= 0.6 is 24.0 Å². The molecule has 0 aliphatic carbocycles. The Morgan fingerprint density at radius 1 is 1.34 bits per heavy atom. The highest BCUT2D eigenvalue weighted by molar-refractivity contribution is 14.0. The van der Waals surface area contributed by atoms with E-state index in [1.165, 1.54) is 11.1 Å². The zero-order chi connectivity index (χ0) is 22.4. The van der Waals surface area contributed by atoms with E-state index in [1.807, 2.05) is 24.9 Å². The maximum atomic E-state index is 5.94. The number of fused-ring (bicyclic) bond motifs is 1. The normalized spacial score (nSPS) is 16.2. The first-order valence-corrected chi connectivity index (χ1v) is 11.0. The van der Waals surface area contributed by atoms with E-state index in [9.17, 15) is 0 Å². The fourth-order valence-corrected chi connectivity index (χ4v) is 3.81. The molecule has 2 N–H and O–H groups in total. The maximum Gasteiger partial charge on any atom is 0.191 e. The molecule has 2 heterocycles. The molecule has 0 saturated heterocycles. The number of benzene rings is 1. The van der Waals surface area contributed by atoms with Crippen LogP contribution in [0.25, 0.3) is 0 Å². The van der Waals surface area contributed by atoms with Gasteiger partial charge in [-0.05, 0) is 47.0 Å². The van der Waals surface area contributed by atoms with Gasteiger partial charge in [0.2, 0.25) is 0 Å². The summed E-state index contributed by atoms with van der Waals surface area (Å²) >= 11 is 0. The summed E-state index contributed by atoms with van der Waals surface area (Å²) in [5, 5.41) is 11.1. The number of nitrogens with one attached hydrogen (secondary N) is 2. The number of halogens is 1. The molecule has 9 heteroatoms. The quantitative estimate of drug-likeness (QED) is 0.281. The van der Waals surface area contributed by atoms with Gasteiger partial charge in [0.05, 0.1) is 25.4 Å². The fraction of sp³-hybridized carbons (Fsp3) is 0.565. The largest absolute Gasteiger partial charge is 0.494 e. The molecule has 32 heavy (non-hydrogen) atoms. The monoisotopic (exact) mass is 556 g/mol. The molecular formula is C23H37IN6O2. The summed E-state index contributed by atoms with van der Waals surface area (Å²) in [6, 6.07) is 4.37. The predicted octanol–water partition coefficient (Wildman–Crippen LogP) is 3.12. The van der Waals surface area contributed by atoms with E-state index < -0.39 is 0 Å². The molecule has 0 amide bonds. The maximum absolute atomic E-state index is 5.94. The van der Waals surface area contributed by atoms with Crippen molar-refractivity contribution in [1.29, 1.82) is 0 Å². The number of ether oxygens (including phenoxy) is 2. The molecule has 0 bridgehead atoms. The second-order valence-corrected chi connectivity index (χ2v) is 8.14. The average molecular weight is 556 g/mol. The Morgan fingerprint density at radius 3 is 2.75 bits per heavy atom. The topological polar surface area (TPSA) is 75.9 Å². The number of rotatable bonds is 9. The third-order valence-corrected chi connectivity index (χ3v) is 5.33. The second kappa shape index (κ2) is 12.3. The van der Waals surface area contributed by atoms with E-state index in [4.69, 9.17) is 14.5 Å². The summed E-state index contributed by atoms with van der Waals surface area (Å²) in [6.07, 6.45) is 5.09. The third kappa shape index (κ3) is 6.74. The van der Waals surface area contributed by atoms with Crippen molar-refractivity contribution in [2.45, 2.75) is 45.9 Å². The van der Waals surface area contributed by atoms with Gasteiger partial charge >= 0.3 is 0 Å². The summed E-state index contributed by atoms with van der Waals surface area (Å²) in [4.78, 5) is 7.00. The smallest absolute Gasteiger partial charge is 0.191 e. The lowest BCUT2D eigenvalue weighted by atomic mass is 10.1. The van der Waals surface area contributed by atoms with E-state index in [-0.39, 0.29) is 36.1 Å². The molecule has 1 aromatic carbocycles. The summed E-state index contributed by atoms with van der Waals surface area (Å²) in [5.74, 6) is 2.61. The zero-order valence-electron chi connectivity index (χ0n) is 20.0. The van der Waals surface area contributed by atoms with Crippen molar-refractivity contribution in [1.82, 2.24) is 25.3 Å². The summed E-state index contributed by atoms with van der Waals surface area (Å²) in [7, 11) is 6.08. The van der Waals surface area contributed by atoms with Crippen LogP contribution in [-0.2, 0) is 20.0 Å². The van der Waals surface area contributed by atoms with Crippen LogP contribution < -0.4 is 20.1 Å². The van der Waals surface area contributed by atoms with Crippen LogP contribution in [-0.4, -0.2) is 60.5 Å². The van der Waals surface area contributed by atoms with E-state index in [0.717, 1.165) is 36.0 Å². The molecule has 0 fully saturated rings. The highest BCUT2D eigenvalue weighted by atomic mass is 127. The number of aromatic nitrogens is 2. The van der Waals surface area contributed by atoms with Gasteiger partial charge in [0, 0.05) is 49.4 Å². The molecular weight excluding hydrogens is 519 g/mol. The number of hydrogen-bond acceptors (Lipinski definition) is 5. The van der Waals surface area contributed by atoms with Crippen LogP contribution in [0.2, 0.25) is 0 Å². The Bertz CT molecular complexity index is 899. The van der Waals surface area contributed by atoms with Crippen molar-refractivity contribution >= 4 is 29.9 Å². The van der Waals surface area contributed by atoms with E-state index in [2.05, 4.69) is 66.9 Å². The average Bonchev–Trinajstić information content (AvgIpc) is 3.30. The van der Waals surface area contributed by atoms with Gasteiger partial charge in [-0.1, -0.05) is 0 Å². The molecule has 1 aliphatic heterocycles. The Balaban J connectivity index is 0.00000363. The molecule has 0 spiro atoms. The minimum atomic E-state index is 0. The number of likely N-dealkylation sites (N-methyl/N-ethyl adjacent to an activating group) is 1. The number of hydrogen-bond donors (Lipinski definition) is 2. The molecule has 3 rings (SSSR count). The molecule has 178 valence electrons. The van der Waals surface area contributed by atoms with Gasteiger partial charge in [-0.2, -0.15) is 5.10 Å². The molecule has 2 atom stereocenters. The lowest BCUT2D eigenvalue weighted by Crippen LogP contribution is -2.41. The van der Waals surface area contributed by atoms with E-state index in [1.54, 1.807) is 0 Å². The first-order valence-electron chi connectivity index (χ1n) is 11.0. The van der Waals surface area contributed by atoms with Crippen LogP contribution in [0.1, 0.15) is 43.5 Å². The first kappa shape index (κ1) is 26.2. The molecule has 0 radical (unpaired) electrons. The van der Waals surface area contributed by atoms with Gasteiger partial charge in [0.15, 0.2) is 5.96 Å². The number of aryl methyl sites for hydroxylation is 1. The van der Waals surface area contributed by atoms with E-state index in [0.29, 0.717) is 19.7 Å². The second-order valence-electron chi connectivity index (χ2n) is 8.14. The van der Waals surface area contributed by atoms with Crippen LogP contribution in [0.4, 0.5) is 0 Å². The Morgan fingerprint density at radius 2 is 2.12 bits per heavy atom. The summed E-state index contributed by atoms with van der Waals surface area (Å²) in [5.41, 5.74) is 3.40. The SMILES string of the molecule is CCNC(=NCc1cc2c(cc1OCC)CC(C)O2)NCC(c1cnn(C)c1)N(C)C.I. The van der Waals surface area contributed by atoms with Crippen molar-refractivity contribution in [3.05, 3.63) is 41.2 Å². The van der Waals surface area contributed by atoms with Gasteiger partial charge in [-0.3, -0.25) is 4.68 Å². The highest BCUT2D eigenvalue weighted by Gasteiger charge is 2.22. The molecule has 1 aliphatic rings. The third-order valence-electron chi connectivity index (χ3n) is 5.33. The fourth-order valence-electron chi connectivity index (χ4n) is 3.81. The van der Waals surface area contributed by atoms with Crippen LogP contribution in [0, 0.1) is 0 Å². The Kier molecular flexibility index (Phi) is 10.1. The standard InChI is InChI=1S/C23H36N6O2.HI/c1-7-24-23(26-14-20(28(4)5)19-13-27-29(6)15-19)25-12-18-11-22-17(9-16(3)31-22)10-21(18)30-8-2;/h10-11,13,15-16,20H,7-9,12,14H2,1-6H3,(H2,24,25,26);1H.